The molecule has 0 radical (unpaired) electrons. The first-order valence-electron chi connectivity index (χ1n) is 7.42. The van der Waals surface area contributed by atoms with Gasteiger partial charge in [0.25, 0.3) is 0 Å². The molecule has 1 heterocycles. The van der Waals surface area contributed by atoms with Crippen molar-refractivity contribution in [2.45, 2.75) is 45.2 Å². The van der Waals surface area contributed by atoms with Gasteiger partial charge in [0.1, 0.15) is 6.04 Å². The zero-order valence-corrected chi connectivity index (χ0v) is 13.0. The number of aliphatic carboxylic acids is 1. The lowest BCUT2D eigenvalue weighted by Gasteiger charge is -2.26. The molecule has 2 rings (SSSR count). The Hall–Kier alpha value is -0.910. The summed E-state index contributed by atoms with van der Waals surface area (Å²) in [6.07, 6.45) is 3.09. The van der Waals surface area contributed by atoms with Crippen LogP contribution in [0.4, 0.5) is 4.79 Å². The van der Waals surface area contributed by atoms with E-state index in [2.05, 4.69) is 12.2 Å². The van der Waals surface area contributed by atoms with Crippen LogP contribution < -0.4 is 5.32 Å². The summed E-state index contributed by atoms with van der Waals surface area (Å²) in [5.41, 5.74) is 0. The van der Waals surface area contributed by atoms with Crippen molar-refractivity contribution < 1.29 is 14.7 Å². The van der Waals surface area contributed by atoms with Gasteiger partial charge in [0.15, 0.2) is 0 Å². The number of nitrogens with one attached hydrogen (secondary N) is 1. The molecule has 0 aromatic rings. The molecule has 0 aromatic carbocycles. The van der Waals surface area contributed by atoms with Crippen LogP contribution in [0.25, 0.3) is 0 Å². The van der Waals surface area contributed by atoms with Gasteiger partial charge in [-0.05, 0) is 37.4 Å². The number of rotatable bonds is 5. The second-order valence-electron chi connectivity index (χ2n) is 5.80. The van der Waals surface area contributed by atoms with Gasteiger partial charge in [-0.3, -0.25) is 0 Å². The highest BCUT2D eigenvalue weighted by Crippen LogP contribution is 2.42. The van der Waals surface area contributed by atoms with E-state index in [1.165, 1.54) is 0 Å². The van der Waals surface area contributed by atoms with Crippen LogP contribution in [-0.4, -0.2) is 52.1 Å². The number of nitrogens with zero attached hydrogens (tertiary/aromatic N) is 1. The third kappa shape index (κ3) is 3.22. The van der Waals surface area contributed by atoms with Gasteiger partial charge in [-0.25, -0.2) is 9.59 Å². The number of likely N-dealkylation sites (tertiary alicyclic amines) is 1. The Kier molecular flexibility index (Phi) is 5.18. The number of carboxylic acids is 1. The van der Waals surface area contributed by atoms with Crippen LogP contribution in [0, 0.1) is 11.8 Å². The third-order valence-electron chi connectivity index (χ3n) is 4.35. The molecular weight excluding hydrogens is 276 g/mol. The quantitative estimate of drug-likeness (QED) is 0.815. The fraction of sp³-hybridized carbons (Fsp3) is 0.857. The van der Waals surface area contributed by atoms with E-state index in [0.717, 1.165) is 30.8 Å². The van der Waals surface area contributed by atoms with Crippen molar-refractivity contribution in [3.8, 4) is 0 Å². The standard InChI is InChI=1S/C14H24N2O3S/c1-3-20-8-9(2)15-14(19)16-7-10-5-4-6-11(10)12(16)13(17)18/h9-12H,3-8H2,1-2H3,(H,15,19)(H,17,18). The van der Waals surface area contributed by atoms with Gasteiger partial charge in [-0.15, -0.1) is 0 Å². The maximum Gasteiger partial charge on any atom is 0.326 e. The predicted molar refractivity (Wildman–Crippen MR) is 80.0 cm³/mol. The summed E-state index contributed by atoms with van der Waals surface area (Å²) >= 11 is 1.78. The van der Waals surface area contributed by atoms with E-state index in [-0.39, 0.29) is 18.0 Å². The van der Waals surface area contributed by atoms with E-state index in [4.69, 9.17) is 0 Å². The molecule has 5 nitrogen and oxygen atoms in total. The number of carboxylic acid groups (broad SMARTS) is 1. The number of urea groups is 1. The topological polar surface area (TPSA) is 69.6 Å². The highest BCUT2D eigenvalue weighted by atomic mass is 32.2. The number of thioether (sulfide) groups is 1. The normalized spacial score (nSPS) is 30.1. The van der Waals surface area contributed by atoms with Crippen molar-refractivity contribution in [2.75, 3.05) is 18.1 Å². The largest absolute Gasteiger partial charge is 0.480 e. The molecule has 20 heavy (non-hydrogen) atoms. The van der Waals surface area contributed by atoms with Crippen LogP contribution >= 0.6 is 11.8 Å². The van der Waals surface area contributed by atoms with Gasteiger partial charge < -0.3 is 15.3 Å². The van der Waals surface area contributed by atoms with E-state index in [9.17, 15) is 14.7 Å². The summed E-state index contributed by atoms with van der Waals surface area (Å²) in [5, 5.41) is 12.4. The first-order chi connectivity index (χ1) is 9.54. The van der Waals surface area contributed by atoms with Crippen LogP contribution in [0.2, 0.25) is 0 Å². The Labute approximate surface area is 124 Å². The lowest BCUT2D eigenvalue weighted by atomic mass is 9.94. The minimum absolute atomic E-state index is 0.0716. The monoisotopic (exact) mass is 300 g/mol. The molecule has 0 bridgehead atoms. The molecular formula is C14H24N2O3S. The van der Waals surface area contributed by atoms with E-state index < -0.39 is 12.0 Å². The first-order valence-corrected chi connectivity index (χ1v) is 8.57. The van der Waals surface area contributed by atoms with Crippen molar-refractivity contribution in [3.63, 3.8) is 0 Å². The van der Waals surface area contributed by atoms with E-state index in [1.807, 2.05) is 6.92 Å². The van der Waals surface area contributed by atoms with Gasteiger partial charge in [0.05, 0.1) is 0 Å². The van der Waals surface area contributed by atoms with Crippen LogP contribution in [0.5, 0.6) is 0 Å². The molecule has 0 aromatic heterocycles. The second kappa shape index (κ2) is 6.70. The fourth-order valence-electron chi connectivity index (χ4n) is 3.46. The van der Waals surface area contributed by atoms with Crippen molar-refractivity contribution in [1.29, 1.82) is 0 Å². The molecule has 1 saturated carbocycles. The highest BCUT2D eigenvalue weighted by molar-refractivity contribution is 7.99. The molecule has 1 saturated heterocycles. The third-order valence-corrected chi connectivity index (χ3v) is 5.49. The molecule has 1 aliphatic heterocycles. The molecule has 4 atom stereocenters. The van der Waals surface area contributed by atoms with Gasteiger partial charge in [-0.2, -0.15) is 11.8 Å². The Bertz CT molecular complexity index is 377. The zero-order valence-electron chi connectivity index (χ0n) is 12.2. The second-order valence-corrected chi connectivity index (χ2v) is 7.12. The molecule has 114 valence electrons. The van der Waals surface area contributed by atoms with Crippen LogP contribution in [0.3, 0.4) is 0 Å². The number of amides is 2. The van der Waals surface area contributed by atoms with Crippen LogP contribution in [0.15, 0.2) is 0 Å². The van der Waals surface area contributed by atoms with Crippen molar-refractivity contribution in [1.82, 2.24) is 10.2 Å². The fourth-order valence-corrected chi connectivity index (χ4v) is 4.13. The number of fused-ring (bicyclic) bond motifs is 1. The molecule has 2 aliphatic rings. The summed E-state index contributed by atoms with van der Waals surface area (Å²) in [7, 11) is 0. The van der Waals surface area contributed by atoms with Gasteiger partial charge in [0.2, 0.25) is 0 Å². The van der Waals surface area contributed by atoms with Gasteiger partial charge in [0, 0.05) is 18.3 Å². The minimum Gasteiger partial charge on any atom is -0.480 e. The number of hydrogen-bond acceptors (Lipinski definition) is 3. The SMILES string of the molecule is CCSCC(C)NC(=O)N1CC2CCCC2C1C(=O)O. The number of carbonyl (C=O) groups is 2. The van der Waals surface area contributed by atoms with E-state index >= 15 is 0 Å². The average Bonchev–Trinajstić information content (AvgIpc) is 2.95. The maximum atomic E-state index is 12.3. The van der Waals surface area contributed by atoms with Crippen molar-refractivity contribution >= 4 is 23.8 Å². The molecule has 2 amide bonds. The van der Waals surface area contributed by atoms with Crippen molar-refractivity contribution in [2.24, 2.45) is 11.8 Å². The van der Waals surface area contributed by atoms with Gasteiger partial charge >= 0.3 is 12.0 Å². The number of carbonyl (C=O) groups excluding carboxylic acids is 1. The smallest absolute Gasteiger partial charge is 0.326 e. The lowest BCUT2D eigenvalue weighted by Crippen LogP contribution is -2.50. The summed E-state index contributed by atoms with van der Waals surface area (Å²) in [5.74, 6) is 1.55. The summed E-state index contributed by atoms with van der Waals surface area (Å²) in [6.45, 7) is 4.65. The molecule has 0 spiro atoms. The molecule has 4 unspecified atom stereocenters. The average molecular weight is 300 g/mol. The molecule has 2 fully saturated rings. The first kappa shape index (κ1) is 15.5. The van der Waals surface area contributed by atoms with Crippen LogP contribution in [-0.2, 0) is 4.79 Å². The summed E-state index contributed by atoms with van der Waals surface area (Å²) in [4.78, 5) is 25.3. The Morgan fingerprint density at radius 2 is 2.20 bits per heavy atom. The predicted octanol–water partition coefficient (Wildman–Crippen LogP) is 2.02. The zero-order chi connectivity index (χ0) is 14.7. The van der Waals surface area contributed by atoms with Crippen LogP contribution in [0.1, 0.15) is 33.1 Å². The Morgan fingerprint density at radius 1 is 1.45 bits per heavy atom. The van der Waals surface area contributed by atoms with E-state index in [0.29, 0.717) is 12.5 Å². The Morgan fingerprint density at radius 3 is 2.85 bits per heavy atom. The summed E-state index contributed by atoms with van der Waals surface area (Å²) in [6, 6.07) is -0.771. The van der Waals surface area contributed by atoms with Gasteiger partial charge in [-0.1, -0.05) is 13.3 Å². The minimum atomic E-state index is -0.856. The lowest BCUT2D eigenvalue weighted by molar-refractivity contribution is -0.142. The highest BCUT2D eigenvalue weighted by Gasteiger charge is 2.49. The van der Waals surface area contributed by atoms with Crippen molar-refractivity contribution in [3.05, 3.63) is 0 Å². The maximum absolute atomic E-state index is 12.3. The molecule has 1 aliphatic carbocycles. The molecule has 2 N–H and O–H groups in total. The Balaban J connectivity index is 1.96. The number of hydrogen-bond donors (Lipinski definition) is 2. The van der Waals surface area contributed by atoms with E-state index in [1.54, 1.807) is 16.7 Å². The molecule has 6 heteroatoms. The summed E-state index contributed by atoms with van der Waals surface area (Å²) < 4.78 is 0.